The molecule has 18 heavy (non-hydrogen) atoms. The van der Waals surface area contributed by atoms with Gasteiger partial charge < -0.3 is 4.48 Å². The minimum Gasteiger partial charge on any atom is -0.322 e. The molecule has 1 saturated heterocycles. The first-order chi connectivity index (χ1) is 8.70. The van der Waals surface area contributed by atoms with E-state index in [1.54, 1.807) is 0 Å². The molecular weight excluding hydrogens is 218 g/mol. The molecule has 2 fully saturated rings. The molecule has 2 aliphatic rings. The Morgan fingerprint density at radius 3 is 2.44 bits per heavy atom. The van der Waals surface area contributed by atoms with Crippen molar-refractivity contribution in [2.45, 2.75) is 45.1 Å². The van der Waals surface area contributed by atoms with Gasteiger partial charge in [0.05, 0.1) is 20.1 Å². The second-order valence-corrected chi connectivity index (χ2v) is 6.96. The van der Waals surface area contributed by atoms with Crippen molar-refractivity contribution >= 4 is 0 Å². The molecule has 98 valence electrons. The van der Waals surface area contributed by atoms with E-state index in [9.17, 15) is 0 Å². The summed E-state index contributed by atoms with van der Waals surface area (Å²) in [6.07, 6.45) is 8.89. The number of likely N-dealkylation sites (tertiary alicyclic amines) is 1. The summed E-state index contributed by atoms with van der Waals surface area (Å²) >= 11 is 0. The van der Waals surface area contributed by atoms with E-state index < -0.39 is 0 Å². The van der Waals surface area contributed by atoms with Gasteiger partial charge in [-0.1, -0.05) is 49.6 Å². The molecule has 0 radical (unpaired) electrons. The fraction of sp³-hybridized carbons (Fsp3) is 0.647. The summed E-state index contributed by atoms with van der Waals surface area (Å²) in [5.74, 6) is 0. The fourth-order valence-electron chi connectivity index (χ4n) is 4.34. The van der Waals surface area contributed by atoms with E-state index >= 15 is 0 Å². The number of benzene rings is 1. The first-order valence-corrected chi connectivity index (χ1v) is 7.57. The number of hydrogen-bond acceptors (Lipinski definition) is 0. The van der Waals surface area contributed by atoms with Gasteiger partial charge in [0.25, 0.3) is 0 Å². The standard InChI is InChI=1S/C17H26N/c1-18(14-16-8-4-2-5-9-16)13-12-17(15-18)10-6-3-7-11-17/h2,4-5,8-9H,3,6-7,10-15H2,1H3/q+1. The third kappa shape index (κ3) is 2.47. The van der Waals surface area contributed by atoms with Crippen LogP contribution in [-0.4, -0.2) is 24.6 Å². The van der Waals surface area contributed by atoms with Crippen LogP contribution >= 0.6 is 0 Å². The molecule has 1 aliphatic heterocycles. The summed E-state index contributed by atoms with van der Waals surface area (Å²) in [7, 11) is 2.47. The van der Waals surface area contributed by atoms with E-state index in [1.807, 2.05) is 0 Å². The van der Waals surface area contributed by atoms with Gasteiger partial charge in [-0.3, -0.25) is 0 Å². The van der Waals surface area contributed by atoms with Gasteiger partial charge in [0.2, 0.25) is 0 Å². The molecule has 0 amide bonds. The van der Waals surface area contributed by atoms with Crippen molar-refractivity contribution in [1.29, 1.82) is 0 Å². The average molecular weight is 244 g/mol. The summed E-state index contributed by atoms with van der Waals surface area (Å²) in [6.45, 7) is 4.03. The number of rotatable bonds is 2. The molecule has 1 heteroatoms. The lowest BCUT2D eigenvalue weighted by molar-refractivity contribution is -0.914. The van der Waals surface area contributed by atoms with Crippen LogP contribution in [0.4, 0.5) is 0 Å². The zero-order valence-electron chi connectivity index (χ0n) is 11.7. The minimum absolute atomic E-state index is 0.710. The van der Waals surface area contributed by atoms with Crippen molar-refractivity contribution in [2.75, 3.05) is 20.1 Å². The van der Waals surface area contributed by atoms with E-state index in [1.165, 1.54) is 68.2 Å². The zero-order valence-corrected chi connectivity index (χ0v) is 11.7. The topological polar surface area (TPSA) is 0 Å². The molecule has 1 saturated carbocycles. The molecule has 1 unspecified atom stereocenters. The first-order valence-electron chi connectivity index (χ1n) is 7.57. The minimum atomic E-state index is 0.710. The Morgan fingerprint density at radius 2 is 1.72 bits per heavy atom. The highest BCUT2D eigenvalue weighted by Crippen LogP contribution is 2.46. The van der Waals surface area contributed by atoms with Crippen molar-refractivity contribution in [3.05, 3.63) is 35.9 Å². The van der Waals surface area contributed by atoms with E-state index in [0.29, 0.717) is 5.41 Å². The monoisotopic (exact) mass is 244 g/mol. The van der Waals surface area contributed by atoms with Crippen LogP contribution in [0.3, 0.4) is 0 Å². The summed E-state index contributed by atoms with van der Waals surface area (Å²) in [6, 6.07) is 11.0. The molecule has 0 bridgehead atoms. The summed E-state index contributed by atoms with van der Waals surface area (Å²) in [5.41, 5.74) is 2.22. The predicted octanol–water partition coefficient (Wildman–Crippen LogP) is 3.99. The molecule has 0 N–H and O–H groups in total. The van der Waals surface area contributed by atoms with Crippen molar-refractivity contribution in [1.82, 2.24) is 0 Å². The van der Waals surface area contributed by atoms with Crippen LogP contribution in [0.2, 0.25) is 0 Å². The molecule has 1 aliphatic carbocycles. The highest BCUT2D eigenvalue weighted by molar-refractivity contribution is 5.13. The van der Waals surface area contributed by atoms with E-state index in [0.717, 1.165) is 0 Å². The second-order valence-electron chi connectivity index (χ2n) is 6.96. The van der Waals surface area contributed by atoms with Crippen molar-refractivity contribution in [3.8, 4) is 0 Å². The van der Waals surface area contributed by atoms with Gasteiger partial charge in [-0.2, -0.15) is 0 Å². The Hall–Kier alpha value is -0.820. The lowest BCUT2D eigenvalue weighted by Gasteiger charge is -2.35. The van der Waals surface area contributed by atoms with Gasteiger partial charge in [-0.25, -0.2) is 0 Å². The van der Waals surface area contributed by atoms with Crippen molar-refractivity contribution in [3.63, 3.8) is 0 Å². The van der Waals surface area contributed by atoms with Crippen LogP contribution in [0.25, 0.3) is 0 Å². The van der Waals surface area contributed by atoms with E-state index in [4.69, 9.17) is 0 Å². The third-order valence-electron chi connectivity index (χ3n) is 5.22. The predicted molar refractivity (Wildman–Crippen MR) is 76.2 cm³/mol. The van der Waals surface area contributed by atoms with Crippen LogP contribution in [0.5, 0.6) is 0 Å². The van der Waals surface area contributed by atoms with Gasteiger partial charge in [0, 0.05) is 17.4 Å². The zero-order chi connectivity index (χ0) is 12.5. The Bertz CT molecular complexity index is 391. The second kappa shape index (κ2) is 4.70. The molecule has 0 aromatic heterocycles. The van der Waals surface area contributed by atoms with Crippen LogP contribution in [-0.2, 0) is 6.54 Å². The molecule has 3 rings (SSSR count). The third-order valence-corrected chi connectivity index (χ3v) is 5.22. The Morgan fingerprint density at radius 1 is 1.00 bits per heavy atom. The van der Waals surface area contributed by atoms with Gasteiger partial charge in [-0.15, -0.1) is 0 Å². The van der Waals surface area contributed by atoms with Gasteiger partial charge >= 0.3 is 0 Å². The normalized spacial score (nSPS) is 30.7. The maximum Gasteiger partial charge on any atom is 0.104 e. The van der Waals surface area contributed by atoms with Crippen LogP contribution < -0.4 is 0 Å². The summed E-state index contributed by atoms with van der Waals surface area (Å²) in [5, 5.41) is 0. The molecule has 1 spiro atoms. The lowest BCUT2D eigenvalue weighted by Crippen LogP contribution is -2.43. The smallest absolute Gasteiger partial charge is 0.104 e. The SMILES string of the molecule is C[N+]1(Cc2ccccc2)CCC2(CCCCC2)C1. The summed E-state index contributed by atoms with van der Waals surface area (Å²) in [4.78, 5) is 0. The van der Waals surface area contributed by atoms with Crippen LogP contribution in [0, 0.1) is 5.41 Å². The van der Waals surface area contributed by atoms with E-state index in [-0.39, 0.29) is 0 Å². The number of hydrogen-bond donors (Lipinski definition) is 0. The highest BCUT2D eigenvalue weighted by atomic mass is 15.4. The molecule has 1 aromatic rings. The fourth-order valence-corrected chi connectivity index (χ4v) is 4.34. The maximum absolute atomic E-state index is 2.47. The maximum atomic E-state index is 2.47. The number of quaternary nitrogens is 1. The molecule has 1 nitrogen and oxygen atoms in total. The molecular formula is C17H26N+. The average Bonchev–Trinajstić information content (AvgIpc) is 2.68. The molecule has 1 heterocycles. The number of nitrogens with zero attached hydrogens (tertiary/aromatic N) is 1. The molecule has 1 atom stereocenters. The Labute approximate surface area is 111 Å². The largest absolute Gasteiger partial charge is 0.322 e. The van der Waals surface area contributed by atoms with Crippen LogP contribution in [0.1, 0.15) is 44.1 Å². The first kappa shape index (κ1) is 12.2. The van der Waals surface area contributed by atoms with Crippen molar-refractivity contribution < 1.29 is 4.48 Å². The Kier molecular flexibility index (Phi) is 3.19. The summed E-state index contributed by atoms with van der Waals surface area (Å²) < 4.78 is 1.27. The highest BCUT2D eigenvalue weighted by Gasteiger charge is 2.46. The molecule has 1 aromatic carbocycles. The quantitative estimate of drug-likeness (QED) is 0.690. The van der Waals surface area contributed by atoms with Crippen LogP contribution in [0.15, 0.2) is 30.3 Å². The van der Waals surface area contributed by atoms with Gasteiger partial charge in [-0.05, 0) is 12.8 Å². The van der Waals surface area contributed by atoms with Crippen molar-refractivity contribution in [2.24, 2.45) is 5.41 Å². The van der Waals surface area contributed by atoms with Gasteiger partial charge in [0.1, 0.15) is 6.54 Å². The lowest BCUT2D eigenvalue weighted by atomic mass is 9.73. The van der Waals surface area contributed by atoms with Gasteiger partial charge in [0.15, 0.2) is 0 Å². The van der Waals surface area contributed by atoms with E-state index in [2.05, 4.69) is 37.4 Å². The Balaban J connectivity index is 1.69.